The Morgan fingerprint density at radius 1 is 1.33 bits per heavy atom. The lowest BCUT2D eigenvalue weighted by Crippen LogP contribution is -2.27. The van der Waals surface area contributed by atoms with E-state index in [2.05, 4.69) is 9.97 Å². The van der Waals surface area contributed by atoms with Gasteiger partial charge in [-0.2, -0.15) is 0 Å². The van der Waals surface area contributed by atoms with Crippen LogP contribution in [-0.2, 0) is 0 Å². The topological polar surface area (TPSA) is 128 Å². The molecule has 0 fully saturated rings. The van der Waals surface area contributed by atoms with E-state index in [0.29, 0.717) is 17.1 Å². The molecule has 0 radical (unpaired) electrons. The molecule has 136 valence electrons. The van der Waals surface area contributed by atoms with E-state index in [1.54, 1.807) is 6.07 Å². The SMILES string of the molecule is COc1ccc(N2CC(O)=C(c3nc4ccccc4[nH]3)C2=N)c([N+](=O)[O-])c1. The lowest BCUT2D eigenvalue weighted by molar-refractivity contribution is -0.384. The second-order valence-electron chi connectivity index (χ2n) is 5.97. The molecule has 3 N–H and O–H groups in total. The van der Waals surface area contributed by atoms with Gasteiger partial charge in [0.25, 0.3) is 5.69 Å². The minimum Gasteiger partial charge on any atom is -0.509 e. The second-order valence-corrected chi connectivity index (χ2v) is 5.97. The Bertz CT molecular complexity index is 1080. The Morgan fingerprint density at radius 3 is 2.81 bits per heavy atom. The lowest BCUT2D eigenvalue weighted by atomic mass is 10.2. The van der Waals surface area contributed by atoms with Crippen molar-refractivity contribution in [2.45, 2.75) is 0 Å². The summed E-state index contributed by atoms with van der Waals surface area (Å²) in [6.07, 6.45) is 0. The largest absolute Gasteiger partial charge is 0.509 e. The van der Waals surface area contributed by atoms with Crippen LogP contribution in [0, 0.1) is 15.5 Å². The number of nitrogens with zero attached hydrogens (tertiary/aromatic N) is 3. The van der Waals surface area contributed by atoms with Crippen molar-refractivity contribution in [3.63, 3.8) is 0 Å². The van der Waals surface area contributed by atoms with Crippen LogP contribution >= 0.6 is 0 Å². The fraction of sp³-hybridized carbons (Fsp3) is 0.111. The van der Waals surface area contributed by atoms with Gasteiger partial charge in [-0.25, -0.2) is 4.98 Å². The quantitative estimate of drug-likeness (QED) is 0.481. The monoisotopic (exact) mass is 365 g/mol. The van der Waals surface area contributed by atoms with Gasteiger partial charge in [-0.15, -0.1) is 0 Å². The number of anilines is 1. The minimum absolute atomic E-state index is 0.0572. The van der Waals surface area contributed by atoms with E-state index in [1.807, 2.05) is 24.3 Å². The molecule has 1 aromatic heterocycles. The van der Waals surface area contributed by atoms with Crippen molar-refractivity contribution in [3.8, 4) is 5.75 Å². The molecule has 9 heteroatoms. The van der Waals surface area contributed by atoms with Crippen LogP contribution in [0.15, 0.2) is 48.2 Å². The zero-order chi connectivity index (χ0) is 19.1. The minimum atomic E-state index is -0.540. The number of nitrogens with one attached hydrogen (secondary N) is 2. The highest BCUT2D eigenvalue weighted by Crippen LogP contribution is 2.37. The molecule has 0 spiro atoms. The summed E-state index contributed by atoms with van der Waals surface area (Å²) in [4.78, 5) is 19.8. The Kier molecular flexibility index (Phi) is 3.76. The van der Waals surface area contributed by atoms with Crippen molar-refractivity contribution in [1.82, 2.24) is 9.97 Å². The number of rotatable bonds is 4. The first kappa shape index (κ1) is 16.6. The molecule has 0 saturated heterocycles. The molecular weight excluding hydrogens is 350 g/mol. The van der Waals surface area contributed by atoms with Gasteiger partial charge >= 0.3 is 0 Å². The zero-order valence-corrected chi connectivity index (χ0v) is 14.3. The third-order valence-electron chi connectivity index (χ3n) is 4.40. The fourth-order valence-electron chi connectivity index (χ4n) is 3.11. The summed E-state index contributed by atoms with van der Waals surface area (Å²) in [5.74, 6) is 0.534. The molecule has 2 heterocycles. The average Bonchev–Trinajstić information content (AvgIpc) is 3.21. The Balaban J connectivity index is 1.75. The number of methoxy groups -OCH3 is 1. The molecule has 0 aliphatic carbocycles. The van der Waals surface area contributed by atoms with Crippen molar-refractivity contribution in [3.05, 3.63) is 64.2 Å². The molecular formula is C18H15N5O4. The van der Waals surface area contributed by atoms with Gasteiger partial charge in [-0.1, -0.05) is 12.1 Å². The number of imidazole rings is 1. The second kappa shape index (κ2) is 6.13. The number of H-pyrrole nitrogens is 1. The smallest absolute Gasteiger partial charge is 0.296 e. The van der Waals surface area contributed by atoms with Crippen molar-refractivity contribution >= 4 is 33.8 Å². The van der Waals surface area contributed by atoms with Crippen LogP contribution in [0.1, 0.15) is 5.82 Å². The molecule has 4 rings (SSSR count). The summed E-state index contributed by atoms with van der Waals surface area (Å²) in [6, 6.07) is 11.7. The molecule has 1 aliphatic rings. The number of aliphatic hydroxyl groups is 1. The summed E-state index contributed by atoms with van der Waals surface area (Å²) in [5, 5.41) is 30.4. The fourth-order valence-corrected chi connectivity index (χ4v) is 3.11. The highest BCUT2D eigenvalue weighted by Gasteiger charge is 2.34. The number of hydrogen-bond donors (Lipinski definition) is 3. The van der Waals surface area contributed by atoms with Gasteiger partial charge < -0.3 is 19.7 Å². The van der Waals surface area contributed by atoms with E-state index in [1.165, 1.54) is 24.1 Å². The summed E-state index contributed by atoms with van der Waals surface area (Å²) < 4.78 is 5.04. The van der Waals surface area contributed by atoms with Crippen molar-refractivity contribution in [2.24, 2.45) is 0 Å². The number of para-hydroxylation sites is 2. The highest BCUT2D eigenvalue weighted by molar-refractivity contribution is 6.30. The Hall–Kier alpha value is -3.88. The van der Waals surface area contributed by atoms with Gasteiger partial charge in [0, 0.05) is 0 Å². The first-order chi connectivity index (χ1) is 13.0. The van der Waals surface area contributed by atoms with Crippen LogP contribution in [0.4, 0.5) is 11.4 Å². The molecule has 0 bridgehead atoms. The molecule has 0 atom stereocenters. The van der Waals surface area contributed by atoms with E-state index >= 15 is 0 Å². The molecule has 3 aromatic rings. The van der Waals surface area contributed by atoms with E-state index in [9.17, 15) is 15.2 Å². The Labute approximate surface area is 153 Å². The maximum atomic E-state index is 11.5. The number of aromatic nitrogens is 2. The number of hydrogen-bond acceptors (Lipinski definition) is 6. The molecule has 0 saturated carbocycles. The maximum absolute atomic E-state index is 11.5. The van der Waals surface area contributed by atoms with Crippen LogP contribution in [0.25, 0.3) is 16.6 Å². The van der Waals surface area contributed by atoms with Crippen LogP contribution < -0.4 is 9.64 Å². The van der Waals surface area contributed by atoms with Crippen LogP contribution in [0.5, 0.6) is 5.75 Å². The first-order valence-corrected chi connectivity index (χ1v) is 8.05. The van der Waals surface area contributed by atoms with Crippen LogP contribution in [-0.4, -0.2) is 39.5 Å². The van der Waals surface area contributed by atoms with Gasteiger partial charge in [0.05, 0.1) is 41.3 Å². The number of benzene rings is 2. The standard InChI is InChI=1S/C18H15N5O4/c1-27-10-6-7-13(14(8-10)23(25)26)22-9-15(24)16(17(22)19)18-20-11-4-2-3-5-12(11)21-18/h2-8,19,24H,9H2,1H3,(H,20,21). The molecule has 0 unspecified atom stereocenters. The van der Waals surface area contributed by atoms with E-state index < -0.39 is 4.92 Å². The Morgan fingerprint density at radius 2 is 2.11 bits per heavy atom. The van der Waals surface area contributed by atoms with E-state index in [0.717, 1.165) is 5.52 Å². The van der Waals surface area contributed by atoms with Gasteiger partial charge in [-0.3, -0.25) is 15.5 Å². The normalized spacial score (nSPS) is 14.3. The molecule has 1 aliphatic heterocycles. The van der Waals surface area contributed by atoms with Crippen LogP contribution in [0.2, 0.25) is 0 Å². The zero-order valence-electron chi connectivity index (χ0n) is 14.3. The van der Waals surface area contributed by atoms with Crippen molar-refractivity contribution < 1.29 is 14.8 Å². The summed E-state index contributed by atoms with van der Waals surface area (Å²) in [7, 11) is 1.42. The summed E-state index contributed by atoms with van der Waals surface area (Å²) in [5.41, 5.74) is 1.68. The van der Waals surface area contributed by atoms with Gasteiger partial charge in [0.2, 0.25) is 0 Å². The van der Waals surface area contributed by atoms with Crippen LogP contribution in [0.3, 0.4) is 0 Å². The molecule has 0 amide bonds. The number of ether oxygens (including phenoxy) is 1. The van der Waals surface area contributed by atoms with Crippen molar-refractivity contribution in [2.75, 3.05) is 18.6 Å². The highest BCUT2D eigenvalue weighted by atomic mass is 16.6. The van der Waals surface area contributed by atoms with Gasteiger partial charge in [-0.05, 0) is 24.3 Å². The predicted octanol–water partition coefficient (Wildman–Crippen LogP) is 3.25. The van der Waals surface area contributed by atoms with Gasteiger partial charge in [0.1, 0.15) is 28.9 Å². The van der Waals surface area contributed by atoms with E-state index in [4.69, 9.17) is 10.1 Å². The van der Waals surface area contributed by atoms with E-state index in [-0.39, 0.29) is 35.1 Å². The average molecular weight is 365 g/mol. The molecule has 2 aromatic carbocycles. The molecule has 9 nitrogen and oxygen atoms in total. The number of aromatic amines is 1. The van der Waals surface area contributed by atoms with Crippen molar-refractivity contribution in [1.29, 1.82) is 5.41 Å². The number of amidine groups is 1. The summed E-state index contributed by atoms with van der Waals surface area (Å²) in [6.45, 7) is -0.0572. The first-order valence-electron chi connectivity index (χ1n) is 8.05. The maximum Gasteiger partial charge on any atom is 0.296 e. The van der Waals surface area contributed by atoms with Gasteiger partial charge in [0.15, 0.2) is 0 Å². The number of aliphatic hydroxyl groups excluding tert-OH is 1. The third-order valence-corrected chi connectivity index (χ3v) is 4.40. The lowest BCUT2D eigenvalue weighted by Gasteiger charge is -2.18. The number of nitro groups is 1. The number of nitro benzene ring substituents is 1. The molecule has 27 heavy (non-hydrogen) atoms. The number of fused-ring (bicyclic) bond motifs is 1. The third kappa shape index (κ3) is 2.65. The summed E-state index contributed by atoms with van der Waals surface area (Å²) >= 11 is 0. The predicted molar refractivity (Wildman–Crippen MR) is 100 cm³/mol.